The van der Waals surface area contributed by atoms with Gasteiger partial charge >= 0.3 is 5.97 Å². The van der Waals surface area contributed by atoms with E-state index >= 15 is 0 Å². The van der Waals surface area contributed by atoms with Gasteiger partial charge in [0.1, 0.15) is 0 Å². The fourth-order valence-corrected chi connectivity index (χ4v) is 3.73. The minimum Gasteiger partial charge on any atom is -0.466 e. The molecule has 0 atom stereocenters. The fraction of sp³-hybridized carbons (Fsp3) is 0.962. The maximum atomic E-state index is 11.7. The maximum Gasteiger partial charge on any atom is 0.305 e. The van der Waals surface area contributed by atoms with Gasteiger partial charge in [-0.3, -0.25) is 4.79 Å². The van der Waals surface area contributed by atoms with Crippen LogP contribution in [0.2, 0.25) is 0 Å². The molecule has 0 unspecified atom stereocenters. The summed E-state index contributed by atoms with van der Waals surface area (Å²) in [6.07, 6.45) is 25.5. The second-order valence-corrected chi connectivity index (χ2v) is 9.16. The van der Waals surface area contributed by atoms with E-state index in [2.05, 4.69) is 20.8 Å². The lowest BCUT2D eigenvalue weighted by atomic mass is 10.0. The summed E-state index contributed by atoms with van der Waals surface area (Å²) in [6, 6.07) is 0. The summed E-state index contributed by atoms with van der Waals surface area (Å²) in [7, 11) is 0. The minimum atomic E-state index is 0.0183. The molecule has 0 saturated carbocycles. The smallest absolute Gasteiger partial charge is 0.305 e. The van der Waals surface area contributed by atoms with E-state index < -0.39 is 0 Å². The topological polar surface area (TPSA) is 26.3 Å². The molecule has 0 fully saturated rings. The third kappa shape index (κ3) is 23.5. The van der Waals surface area contributed by atoms with Crippen LogP contribution in [-0.4, -0.2) is 12.6 Å². The molecule has 2 nitrogen and oxygen atoms in total. The predicted octanol–water partition coefficient (Wildman–Crippen LogP) is 9.01. The zero-order valence-electron chi connectivity index (χ0n) is 19.7. The van der Waals surface area contributed by atoms with Crippen molar-refractivity contribution in [3.05, 3.63) is 0 Å². The van der Waals surface area contributed by atoms with Crippen molar-refractivity contribution >= 4 is 5.97 Å². The third-order valence-electron chi connectivity index (χ3n) is 5.67. The van der Waals surface area contributed by atoms with Gasteiger partial charge < -0.3 is 4.74 Å². The molecule has 0 aliphatic carbocycles. The van der Waals surface area contributed by atoms with E-state index in [0.717, 1.165) is 18.8 Å². The van der Waals surface area contributed by atoms with E-state index in [4.69, 9.17) is 4.74 Å². The Morgan fingerprint density at radius 2 is 1.04 bits per heavy atom. The quantitative estimate of drug-likeness (QED) is 0.135. The van der Waals surface area contributed by atoms with Gasteiger partial charge in [0.15, 0.2) is 0 Å². The summed E-state index contributed by atoms with van der Waals surface area (Å²) in [5.74, 6) is 0.876. The Labute approximate surface area is 177 Å². The summed E-state index contributed by atoms with van der Waals surface area (Å²) < 4.78 is 5.36. The molecule has 0 aromatic heterocycles. The van der Waals surface area contributed by atoms with Crippen molar-refractivity contribution in [1.29, 1.82) is 0 Å². The van der Waals surface area contributed by atoms with Crippen molar-refractivity contribution in [2.75, 3.05) is 6.61 Å². The molecule has 0 aromatic rings. The summed E-state index contributed by atoms with van der Waals surface area (Å²) >= 11 is 0. The second kappa shape index (κ2) is 22.8. The maximum absolute atomic E-state index is 11.7. The number of hydrogen-bond donors (Lipinski definition) is 0. The SMILES string of the molecule is CCCCCCCCCCCOC(=O)CCCCCCCCCCCC(C)C. The van der Waals surface area contributed by atoms with Gasteiger partial charge in [0, 0.05) is 6.42 Å². The van der Waals surface area contributed by atoms with Crippen LogP contribution in [-0.2, 0) is 9.53 Å². The number of rotatable bonds is 22. The molecule has 0 saturated heterocycles. The zero-order chi connectivity index (χ0) is 20.7. The van der Waals surface area contributed by atoms with Crippen molar-refractivity contribution < 1.29 is 9.53 Å². The fourth-order valence-electron chi connectivity index (χ4n) is 3.73. The van der Waals surface area contributed by atoms with Gasteiger partial charge in [-0.05, 0) is 18.8 Å². The highest BCUT2D eigenvalue weighted by Crippen LogP contribution is 2.14. The van der Waals surface area contributed by atoms with Gasteiger partial charge in [-0.1, -0.05) is 130 Å². The molecule has 0 bridgehead atoms. The molecule has 0 heterocycles. The van der Waals surface area contributed by atoms with Crippen molar-refractivity contribution in [3.8, 4) is 0 Å². The lowest BCUT2D eigenvalue weighted by Crippen LogP contribution is -2.05. The molecule has 0 aliphatic rings. The molecule has 2 heteroatoms. The highest BCUT2D eigenvalue weighted by molar-refractivity contribution is 5.69. The second-order valence-electron chi connectivity index (χ2n) is 9.16. The number of hydrogen-bond acceptors (Lipinski definition) is 2. The van der Waals surface area contributed by atoms with E-state index in [1.807, 2.05) is 0 Å². The van der Waals surface area contributed by atoms with E-state index in [0.29, 0.717) is 13.0 Å². The Bertz CT molecular complexity index is 312. The first-order chi connectivity index (χ1) is 13.7. The predicted molar refractivity (Wildman–Crippen MR) is 124 cm³/mol. The minimum absolute atomic E-state index is 0.0183. The third-order valence-corrected chi connectivity index (χ3v) is 5.67. The first-order valence-corrected chi connectivity index (χ1v) is 12.8. The van der Waals surface area contributed by atoms with E-state index in [-0.39, 0.29) is 5.97 Å². The molecule has 0 spiro atoms. The Kier molecular flexibility index (Phi) is 22.3. The molecular formula is C26H52O2. The standard InChI is InChI=1S/C26H52O2/c1-4-5-6-7-8-12-15-18-21-24-28-26(27)23-20-17-14-11-9-10-13-16-19-22-25(2)3/h25H,4-24H2,1-3H3. The monoisotopic (exact) mass is 396 g/mol. The zero-order valence-corrected chi connectivity index (χ0v) is 19.7. The van der Waals surface area contributed by atoms with Crippen LogP contribution >= 0.6 is 0 Å². The van der Waals surface area contributed by atoms with Gasteiger partial charge in [0.05, 0.1) is 6.61 Å². The molecule has 0 aromatic carbocycles. The lowest BCUT2D eigenvalue weighted by molar-refractivity contribution is -0.143. The Morgan fingerprint density at radius 3 is 1.54 bits per heavy atom. The summed E-state index contributed by atoms with van der Waals surface area (Å²) in [4.78, 5) is 11.7. The number of unbranched alkanes of at least 4 members (excludes halogenated alkanes) is 16. The van der Waals surface area contributed by atoms with Crippen LogP contribution in [0.15, 0.2) is 0 Å². The van der Waals surface area contributed by atoms with Crippen LogP contribution < -0.4 is 0 Å². The van der Waals surface area contributed by atoms with Crippen LogP contribution in [0.1, 0.15) is 149 Å². The number of carbonyl (C=O) groups excluding carboxylic acids is 1. The van der Waals surface area contributed by atoms with Gasteiger partial charge in [-0.2, -0.15) is 0 Å². The molecule has 0 rings (SSSR count). The number of ether oxygens (including phenoxy) is 1. The van der Waals surface area contributed by atoms with Crippen LogP contribution in [0.5, 0.6) is 0 Å². The number of esters is 1. The normalized spacial score (nSPS) is 11.3. The van der Waals surface area contributed by atoms with Crippen LogP contribution in [0.25, 0.3) is 0 Å². The molecule has 0 aliphatic heterocycles. The Balaban J connectivity index is 3.15. The average molecular weight is 397 g/mol. The molecule has 0 radical (unpaired) electrons. The molecule has 0 N–H and O–H groups in total. The number of carbonyl (C=O) groups is 1. The summed E-state index contributed by atoms with van der Waals surface area (Å²) in [6.45, 7) is 7.52. The highest BCUT2D eigenvalue weighted by atomic mass is 16.5. The molecule has 28 heavy (non-hydrogen) atoms. The first-order valence-electron chi connectivity index (χ1n) is 12.8. The van der Waals surface area contributed by atoms with Crippen LogP contribution in [0, 0.1) is 5.92 Å². The van der Waals surface area contributed by atoms with Gasteiger partial charge in [-0.15, -0.1) is 0 Å². The average Bonchev–Trinajstić information content (AvgIpc) is 2.67. The Hall–Kier alpha value is -0.530. The lowest BCUT2D eigenvalue weighted by Gasteiger charge is -2.06. The molecule has 168 valence electrons. The van der Waals surface area contributed by atoms with Crippen molar-refractivity contribution in [3.63, 3.8) is 0 Å². The van der Waals surface area contributed by atoms with E-state index in [1.165, 1.54) is 109 Å². The van der Waals surface area contributed by atoms with Crippen molar-refractivity contribution in [1.82, 2.24) is 0 Å². The summed E-state index contributed by atoms with van der Waals surface area (Å²) in [5.41, 5.74) is 0. The van der Waals surface area contributed by atoms with Gasteiger partial charge in [0.2, 0.25) is 0 Å². The first kappa shape index (κ1) is 27.5. The molecule has 0 amide bonds. The largest absolute Gasteiger partial charge is 0.466 e. The van der Waals surface area contributed by atoms with E-state index in [1.54, 1.807) is 0 Å². The van der Waals surface area contributed by atoms with Gasteiger partial charge in [0.25, 0.3) is 0 Å². The summed E-state index contributed by atoms with van der Waals surface area (Å²) in [5, 5.41) is 0. The highest BCUT2D eigenvalue weighted by Gasteiger charge is 2.02. The van der Waals surface area contributed by atoms with Crippen LogP contribution in [0.4, 0.5) is 0 Å². The van der Waals surface area contributed by atoms with Gasteiger partial charge in [-0.25, -0.2) is 0 Å². The Morgan fingerprint density at radius 1 is 0.607 bits per heavy atom. The molecular weight excluding hydrogens is 344 g/mol. The van der Waals surface area contributed by atoms with Crippen LogP contribution in [0.3, 0.4) is 0 Å². The van der Waals surface area contributed by atoms with Crippen molar-refractivity contribution in [2.45, 2.75) is 149 Å². The van der Waals surface area contributed by atoms with Crippen molar-refractivity contribution in [2.24, 2.45) is 5.92 Å². The van der Waals surface area contributed by atoms with E-state index in [9.17, 15) is 4.79 Å².